The van der Waals surface area contributed by atoms with Gasteiger partial charge in [0, 0.05) is 0 Å². The van der Waals surface area contributed by atoms with Crippen molar-refractivity contribution in [3.63, 3.8) is 0 Å². The van der Waals surface area contributed by atoms with Gasteiger partial charge in [-0.1, -0.05) is 39.5 Å². The fraction of sp³-hybridized carbons (Fsp3) is 0.933. The lowest BCUT2D eigenvalue weighted by atomic mass is 9.90. The molecule has 17 heavy (non-hydrogen) atoms. The summed E-state index contributed by atoms with van der Waals surface area (Å²) in [6.45, 7) is 10.1. The van der Waals surface area contributed by atoms with E-state index >= 15 is 0 Å². The van der Waals surface area contributed by atoms with Gasteiger partial charge in [-0.25, -0.2) is 0 Å². The Morgan fingerprint density at radius 2 is 1.71 bits per heavy atom. The zero-order valence-electron chi connectivity index (χ0n) is 12.3. The summed E-state index contributed by atoms with van der Waals surface area (Å²) in [7, 11) is 0. The fourth-order valence-corrected chi connectivity index (χ4v) is 1.58. The second-order valence-corrected chi connectivity index (χ2v) is 5.66. The molecular weight excluding hydrogens is 212 g/mol. The van der Waals surface area contributed by atoms with Crippen LogP contribution >= 0.6 is 0 Å². The van der Waals surface area contributed by atoms with Crippen LogP contribution in [0.4, 0.5) is 0 Å². The van der Waals surface area contributed by atoms with Crippen molar-refractivity contribution < 1.29 is 9.53 Å². The average Bonchev–Trinajstić information content (AvgIpc) is 2.28. The van der Waals surface area contributed by atoms with Crippen LogP contribution in [0.5, 0.6) is 0 Å². The van der Waals surface area contributed by atoms with Gasteiger partial charge in [0.25, 0.3) is 0 Å². The highest BCUT2D eigenvalue weighted by Gasteiger charge is 2.28. The molecular formula is C15H30O2. The summed E-state index contributed by atoms with van der Waals surface area (Å²) in [5.41, 5.74) is -0.337. The number of carbonyl (C=O) groups is 1. The van der Waals surface area contributed by atoms with Crippen molar-refractivity contribution >= 4 is 5.97 Å². The largest absolute Gasteiger partial charge is 0.462 e. The first-order valence-electron chi connectivity index (χ1n) is 7.15. The molecule has 0 aromatic heterocycles. The Morgan fingerprint density at radius 3 is 2.24 bits per heavy atom. The summed E-state index contributed by atoms with van der Waals surface area (Å²) in [5.74, 6) is -0.0546. The maximum absolute atomic E-state index is 11.8. The molecule has 0 aliphatic heterocycles. The number of unbranched alkanes of at least 4 members (excludes halogenated alkanes) is 4. The molecule has 0 aromatic carbocycles. The third-order valence-electron chi connectivity index (χ3n) is 3.46. The van der Waals surface area contributed by atoms with Gasteiger partial charge >= 0.3 is 5.97 Å². The van der Waals surface area contributed by atoms with E-state index in [1.807, 2.05) is 27.7 Å². The summed E-state index contributed by atoms with van der Waals surface area (Å²) in [6, 6.07) is 0. The van der Waals surface area contributed by atoms with Crippen LogP contribution in [0.1, 0.15) is 79.6 Å². The monoisotopic (exact) mass is 242 g/mol. The molecule has 0 saturated heterocycles. The van der Waals surface area contributed by atoms with Gasteiger partial charge in [-0.2, -0.15) is 0 Å². The maximum Gasteiger partial charge on any atom is 0.311 e. The Kier molecular flexibility index (Phi) is 8.28. The molecule has 0 fully saturated rings. The summed E-state index contributed by atoms with van der Waals surface area (Å²) < 4.78 is 5.47. The first-order chi connectivity index (χ1) is 7.94. The molecule has 1 unspecified atom stereocenters. The Bertz CT molecular complexity index is 209. The predicted octanol–water partition coefficient (Wildman–Crippen LogP) is 4.71. The minimum atomic E-state index is -0.337. The van der Waals surface area contributed by atoms with Gasteiger partial charge in [0.15, 0.2) is 0 Å². The molecule has 0 saturated carbocycles. The minimum Gasteiger partial charge on any atom is -0.462 e. The zero-order chi connectivity index (χ0) is 13.3. The lowest BCUT2D eigenvalue weighted by Crippen LogP contribution is -2.29. The number of ether oxygens (including phenoxy) is 1. The van der Waals surface area contributed by atoms with Crippen molar-refractivity contribution in [1.82, 2.24) is 0 Å². The quantitative estimate of drug-likeness (QED) is 0.432. The van der Waals surface area contributed by atoms with Crippen molar-refractivity contribution in [2.45, 2.75) is 85.7 Å². The standard InChI is InChI=1S/C15H30O2/c1-6-8-9-10-11-12-13(3)17-14(16)15(4,5)7-2/h13H,6-12H2,1-5H3. The Balaban J connectivity index is 3.71. The molecule has 2 nitrogen and oxygen atoms in total. The van der Waals surface area contributed by atoms with E-state index in [2.05, 4.69) is 6.92 Å². The second-order valence-electron chi connectivity index (χ2n) is 5.66. The van der Waals surface area contributed by atoms with E-state index in [1.54, 1.807) is 0 Å². The summed E-state index contributed by atoms with van der Waals surface area (Å²) in [5, 5.41) is 0. The van der Waals surface area contributed by atoms with Crippen molar-refractivity contribution in [2.75, 3.05) is 0 Å². The van der Waals surface area contributed by atoms with E-state index in [1.165, 1.54) is 32.1 Å². The fourth-order valence-electron chi connectivity index (χ4n) is 1.58. The normalized spacial score (nSPS) is 13.5. The highest BCUT2D eigenvalue weighted by Crippen LogP contribution is 2.23. The smallest absolute Gasteiger partial charge is 0.311 e. The number of hydrogen-bond acceptors (Lipinski definition) is 2. The Labute approximate surface area is 107 Å². The maximum atomic E-state index is 11.8. The van der Waals surface area contributed by atoms with E-state index in [0.29, 0.717) is 0 Å². The predicted molar refractivity (Wildman–Crippen MR) is 73.0 cm³/mol. The number of esters is 1. The molecule has 102 valence electrons. The summed E-state index contributed by atoms with van der Waals surface area (Å²) in [4.78, 5) is 11.8. The Hall–Kier alpha value is -0.530. The number of rotatable bonds is 9. The third kappa shape index (κ3) is 7.40. The summed E-state index contributed by atoms with van der Waals surface area (Å²) in [6.07, 6.45) is 8.21. The SMILES string of the molecule is CCCCCCCC(C)OC(=O)C(C)(C)CC. The molecule has 0 radical (unpaired) electrons. The molecule has 2 heteroatoms. The molecule has 0 aromatic rings. The molecule has 0 rings (SSSR count). The van der Waals surface area contributed by atoms with Crippen LogP contribution < -0.4 is 0 Å². The molecule has 0 aliphatic rings. The molecule has 0 spiro atoms. The van der Waals surface area contributed by atoms with Gasteiger partial charge in [-0.05, 0) is 40.0 Å². The Morgan fingerprint density at radius 1 is 1.12 bits per heavy atom. The molecule has 0 N–H and O–H groups in total. The van der Waals surface area contributed by atoms with Crippen LogP contribution in [0.2, 0.25) is 0 Å². The van der Waals surface area contributed by atoms with Crippen molar-refractivity contribution in [3.05, 3.63) is 0 Å². The van der Waals surface area contributed by atoms with Gasteiger partial charge < -0.3 is 4.74 Å². The van der Waals surface area contributed by atoms with Gasteiger partial charge in [-0.3, -0.25) is 4.79 Å². The second kappa shape index (κ2) is 8.54. The molecule has 0 bridgehead atoms. The summed E-state index contributed by atoms with van der Waals surface area (Å²) >= 11 is 0. The first-order valence-corrected chi connectivity index (χ1v) is 7.15. The van der Waals surface area contributed by atoms with Crippen LogP contribution in [0, 0.1) is 5.41 Å². The van der Waals surface area contributed by atoms with Gasteiger partial charge in [0.2, 0.25) is 0 Å². The lowest BCUT2D eigenvalue weighted by molar-refractivity contribution is -0.159. The van der Waals surface area contributed by atoms with Crippen LogP contribution in [-0.2, 0) is 9.53 Å². The number of carbonyl (C=O) groups excluding carboxylic acids is 1. The van der Waals surface area contributed by atoms with E-state index in [-0.39, 0.29) is 17.5 Å². The van der Waals surface area contributed by atoms with Gasteiger partial charge in [0.1, 0.15) is 0 Å². The zero-order valence-corrected chi connectivity index (χ0v) is 12.3. The molecule has 0 aliphatic carbocycles. The van der Waals surface area contributed by atoms with E-state index in [4.69, 9.17) is 4.74 Å². The average molecular weight is 242 g/mol. The van der Waals surface area contributed by atoms with Crippen LogP contribution in [0.15, 0.2) is 0 Å². The lowest BCUT2D eigenvalue weighted by Gasteiger charge is -2.23. The third-order valence-corrected chi connectivity index (χ3v) is 3.46. The van der Waals surface area contributed by atoms with Gasteiger partial charge in [0.05, 0.1) is 11.5 Å². The molecule has 0 heterocycles. The minimum absolute atomic E-state index is 0.0546. The topological polar surface area (TPSA) is 26.3 Å². The highest BCUT2D eigenvalue weighted by atomic mass is 16.5. The van der Waals surface area contributed by atoms with Crippen molar-refractivity contribution in [1.29, 1.82) is 0 Å². The van der Waals surface area contributed by atoms with E-state index < -0.39 is 0 Å². The van der Waals surface area contributed by atoms with E-state index in [9.17, 15) is 4.79 Å². The first kappa shape index (κ1) is 16.5. The molecule has 0 amide bonds. The number of hydrogen-bond donors (Lipinski definition) is 0. The van der Waals surface area contributed by atoms with Crippen molar-refractivity contribution in [3.8, 4) is 0 Å². The van der Waals surface area contributed by atoms with E-state index in [0.717, 1.165) is 12.8 Å². The van der Waals surface area contributed by atoms with Crippen LogP contribution in [0.25, 0.3) is 0 Å². The molecule has 1 atom stereocenters. The van der Waals surface area contributed by atoms with Crippen LogP contribution in [0.3, 0.4) is 0 Å². The van der Waals surface area contributed by atoms with Crippen molar-refractivity contribution in [2.24, 2.45) is 5.41 Å². The van der Waals surface area contributed by atoms with Crippen LogP contribution in [-0.4, -0.2) is 12.1 Å². The van der Waals surface area contributed by atoms with Gasteiger partial charge in [-0.15, -0.1) is 0 Å². The highest BCUT2D eigenvalue weighted by molar-refractivity contribution is 5.75.